The molecule has 14 nitrogen and oxygen atoms in total. The molecule has 0 aromatic heterocycles. The minimum atomic E-state index is -5.21. The Morgan fingerprint density at radius 2 is 0.970 bits per heavy atom. The second kappa shape index (κ2) is 39.2. The highest BCUT2D eigenvalue weighted by Crippen LogP contribution is 2.47. The van der Waals surface area contributed by atoms with Crippen LogP contribution in [0, 0.1) is 0 Å². The molecule has 6 N–H and O–H groups in total. The van der Waals surface area contributed by atoms with Crippen molar-refractivity contribution in [3.63, 3.8) is 0 Å². The summed E-state index contributed by atoms with van der Waals surface area (Å²) in [4.78, 5) is 48.0. The van der Waals surface area contributed by atoms with Crippen molar-refractivity contribution in [3.8, 4) is 0 Å². The summed E-state index contributed by atoms with van der Waals surface area (Å²) in [5.74, 6) is -1.68. The molecule has 8 atom stereocenters. The number of unbranched alkanes of at least 4 members (excludes halogenated alkanes) is 6. The van der Waals surface area contributed by atoms with Gasteiger partial charge in [0.05, 0.1) is 6.61 Å². The lowest BCUT2D eigenvalue weighted by atomic mass is 9.85. The van der Waals surface area contributed by atoms with E-state index < -0.39 is 75.7 Å². The standard InChI is InChI=1S/C51H79O14P/c1-3-5-7-9-11-13-15-17-18-19-20-21-22-24-26-28-30-32-34-38-44(53)62-40-43(41-63-66(60,61)65-51-49(58)47(56)46(55)48(57)50(51)59)64-45(54)39-35-37-42(52)36-33-31-29-27-25-23-16-14-12-10-8-6-4-2/h11-14,17-18,20-21,23-26,29-33,36,43,46-51,55-59H,3-10,15-16,19,22,27-28,34-35,37-41H2,1-2H3,(H,60,61)/b13-11-,14-12-,18-17-,21-20-,25-23-,26-24-,31-29-,32-30-,36-33+/t43-,46?,47-,48+,49-,50-,51?/m1/s1. The fourth-order valence-corrected chi connectivity index (χ4v) is 7.19. The maximum Gasteiger partial charge on any atom is 0.472 e. The zero-order valence-corrected chi connectivity index (χ0v) is 40.1. The van der Waals surface area contributed by atoms with Gasteiger partial charge in [0.25, 0.3) is 0 Å². The van der Waals surface area contributed by atoms with Crippen molar-refractivity contribution in [2.24, 2.45) is 0 Å². The van der Waals surface area contributed by atoms with Gasteiger partial charge < -0.3 is 39.9 Å². The molecule has 0 heterocycles. The number of ketones is 1. The predicted octanol–water partition coefficient (Wildman–Crippen LogP) is 8.79. The molecule has 0 bridgehead atoms. The summed E-state index contributed by atoms with van der Waals surface area (Å²) in [5.41, 5.74) is 0. The molecule has 0 aromatic carbocycles. The Morgan fingerprint density at radius 3 is 1.47 bits per heavy atom. The summed E-state index contributed by atoms with van der Waals surface area (Å²) >= 11 is 0. The van der Waals surface area contributed by atoms with Crippen LogP contribution in [0.2, 0.25) is 0 Å². The van der Waals surface area contributed by atoms with Crippen LogP contribution in [-0.4, -0.2) is 104 Å². The van der Waals surface area contributed by atoms with Crippen LogP contribution in [0.1, 0.15) is 136 Å². The monoisotopic (exact) mass is 947 g/mol. The van der Waals surface area contributed by atoms with Crippen LogP contribution < -0.4 is 0 Å². The van der Waals surface area contributed by atoms with Gasteiger partial charge in [0.15, 0.2) is 11.9 Å². The Balaban J connectivity index is 2.61. The summed E-state index contributed by atoms with van der Waals surface area (Å²) in [5, 5.41) is 50.1. The van der Waals surface area contributed by atoms with E-state index in [1.165, 1.54) is 44.6 Å². The average Bonchev–Trinajstić information content (AvgIpc) is 3.29. The van der Waals surface area contributed by atoms with Gasteiger partial charge >= 0.3 is 19.8 Å². The normalized spacial score (nSPS) is 22.2. The van der Waals surface area contributed by atoms with Crippen molar-refractivity contribution < 1.29 is 67.9 Å². The Morgan fingerprint density at radius 1 is 0.515 bits per heavy atom. The molecule has 1 aliphatic carbocycles. The molecule has 1 saturated carbocycles. The molecule has 0 aliphatic heterocycles. The first-order valence-corrected chi connectivity index (χ1v) is 25.1. The lowest BCUT2D eigenvalue weighted by molar-refractivity contribution is -0.220. The molecule has 0 radical (unpaired) electrons. The number of aliphatic hydroxyl groups excluding tert-OH is 5. The third-order valence-corrected chi connectivity index (χ3v) is 11.1. The SMILES string of the molecule is CCCCC/C=C\C/C=C\C/C=C\C=C\C(=O)CCCC(=O)O[C@H](COC(=O)CC/C=C\C/C=C\C/C=C\C/C=C\C/C=C\CCCCC)COP(=O)(O)OC1[C@H](O)[C@H](O)C(O)[C@H](O)[C@H]1O. The molecule has 3 unspecified atom stereocenters. The smallest absolute Gasteiger partial charge is 0.462 e. The van der Waals surface area contributed by atoms with E-state index in [1.54, 1.807) is 12.2 Å². The maximum absolute atomic E-state index is 12.8. The van der Waals surface area contributed by atoms with Crippen molar-refractivity contribution in [2.45, 2.75) is 179 Å². The fourth-order valence-electron chi connectivity index (χ4n) is 6.22. The van der Waals surface area contributed by atoms with Crippen molar-refractivity contribution in [1.82, 2.24) is 0 Å². The van der Waals surface area contributed by atoms with Crippen molar-refractivity contribution in [3.05, 3.63) is 109 Å². The number of allylic oxidation sites excluding steroid dienone is 18. The first-order chi connectivity index (χ1) is 31.8. The van der Waals surface area contributed by atoms with Crippen LogP contribution in [0.3, 0.4) is 0 Å². The molecule has 66 heavy (non-hydrogen) atoms. The second-order valence-corrected chi connectivity index (χ2v) is 17.3. The zero-order valence-electron chi connectivity index (χ0n) is 39.2. The molecule has 1 aliphatic rings. The third kappa shape index (κ3) is 31.2. The summed E-state index contributed by atoms with van der Waals surface area (Å²) in [6.45, 7) is 2.96. The van der Waals surface area contributed by atoms with Crippen LogP contribution in [-0.2, 0) is 37.5 Å². The van der Waals surface area contributed by atoms with Gasteiger partial charge in [0.1, 0.15) is 43.2 Å². The van der Waals surface area contributed by atoms with Crippen LogP contribution in [0.5, 0.6) is 0 Å². The zero-order chi connectivity index (χ0) is 48.7. The Labute approximate surface area is 393 Å². The van der Waals surface area contributed by atoms with Crippen molar-refractivity contribution >= 4 is 25.5 Å². The van der Waals surface area contributed by atoms with E-state index in [0.29, 0.717) is 12.8 Å². The van der Waals surface area contributed by atoms with E-state index in [9.17, 15) is 49.4 Å². The number of ether oxygens (including phenoxy) is 2. The van der Waals surface area contributed by atoms with Gasteiger partial charge in [-0.3, -0.25) is 23.4 Å². The van der Waals surface area contributed by atoms with Gasteiger partial charge in [0, 0.05) is 19.3 Å². The van der Waals surface area contributed by atoms with Gasteiger partial charge in [-0.15, -0.1) is 0 Å². The molecule has 0 amide bonds. The second-order valence-electron chi connectivity index (χ2n) is 15.9. The molecule has 1 rings (SSSR count). The van der Waals surface area contributed by atoms with E-state index in [2.05, 4.69) is 74.6 Å². The first-order valence-electron chi connectivity index (χ1n) is 23.6. The molecule has 0 saturated heterocycles. The van der Waals surface area contributed by atoms with Crippen LogP contribution in [0.15, 0.2) is 109 Å². The number of carbonyl (C=O) groups is 3. The summed E-state index contributed by atoms with van der Waals surface area (Å²) < 4.78 is 33.2. The predicted molar refractivity (Wildman–Crippen MR) is 258 cm³/mol. The molecular weight excluding hydrogens is 868 g/mol. The molecule has 0 aromatic rings. The van der Waals surface area contributed by atoms with Gasteiger partial charge in [-0.05, 0) is 83.1 Å². The Kier molecular flexibility index (Phi) is 35.8. The van der Waals surface area contributed by atoms with E-state index in [1.807, 2.05) is 30.4 Å². The summed E-state index contributed by atoms with van der Waals surface area (Å²) in [6.07, 6.45) is 37.2. The number of hydrogen-bond donors (Lipinski definition) is 6. The van der Waals surface area contributed by atoms with Crippen LogP contribution in [0.4, 0.5) is 0 Å². The van der Waals surface area contributed by atoms with Gasteiger partial charge in [-0.2, -0.15) is 0 Å². The van der Waals surface area contributed by atoms with Gasteiger partial charge in [-0.25, -0.2) is 4.57 Å². The number of rotatable bonds is 37. The lowest BCUT2D eigenvalue weighted by Gasteiger charge is -2.41. The highest BCUT2D eigenvalue weighted by atomic mass is 31.2. The molecule has 372 valence electrons. The topological polar surface area (TPSA) is 227 Å². The number of aliphatic hydroxyl groups is 5. The Hall–Kier alpha value is -3.82. The lowest BCUT2D eigenvalue weighted by Crippen LogP contribution is -2.64. The number of phosphoric ester groups is 1. The summed E-state index contributed by atoms with van der Waals surface area (Å²) in [7, 11) is -5.21. The van der Waals surface area contributed by atoms with Gasteiger partial charge in [-0.1, -0.05) is 143 Å². The van der Waals surface area contributed by atoms with E-state index in [-0.39, 0.29) is 31.5 Å². The van der Waals surface area contributed by atoms with E-state index in [4.69, 9.17) is 18.5 Å². The minimum absolute atomic E-state index is 0.0133. The molecule has 1 fully saturated rings. The quantitative estimate of drug-likeness (QED) is 0.00855. The number of hydrogen-bond acceptors (Lipinski definition) is 13. The van der Waals surface area contributed by atoms with Crippen molar-refractivity contribution in [2.75, 3.05) is 13.2 Å². The highest BCUT2D eigenvalue weighted by Gasteiger charge is 2.51. The third-order valence-electron chi connectivity index (χ3n) is 10.1. The number of phosphoric acid groups is 1. The van der Waals surface area contributed by atoms with Crippen LogP contribution >= 0.6 is 7.82 Å². The Bertz CT molecular complexity index is 1630. The summed E-state index contributed by atoms with van der Waals surface area (Å²) in [6, 6.07) is 0. The highest BCUT2D eigenvalue weighted by molar-refractivity contribution is 7.47. The van der Waals surface area contributed by atoms with E-state index >= 15 is 0 Å². The largest absolute Gasteiger partial charge is 0.472 e. The molecule has 15 heteroatoms. The first kappa shape index (κ1) is 60.2. The number of esters is 2. The average molecular weight is 947 g/mol. The van der Waals surface area contributed by atoms with Gasteiger partial charge in [0.2, 0.25) is 0 Å². The van der Waals surface area contributed by atoms with Crippen molar-refractivity contribution in [1.29, 1.82) is 0 Å². The minimum Gasteiger partial charge on any atom is -0.462 e. The maximum atomic E-state index is 12.8. The van der Waals surface area contributed by atoms with Crippen LogP contribution in [0.25, 0.3) is 0 Å². The van der Waals surface area contributed by atoms with E-state index in [0.717, 1.165) is 44.9 Å². The molecular formula is C51H79O14P. The molecule has 0 spiro atoms. The number of carbonyl (C=O) groups excluding carboxylic acids is 3. The fraction of sp³-hybridized carbons (Fsp3) is 0.588.